The number of sulfonamides is 1. The van der Waals surface area contributed by atoms with E-state index in [0.29, 0.717) is 17.7 Å². The minimum Gasteiger partial charge on any atom is -0.487 e. The Hall–Kier alpha value is -2.54. The SMILES string of the molecule is Cc1ccc2c(c1)[C@H](NC(=O)c1cccc(NS(C)(=O)=O)c1)CC(C)(C)O2. The molecule has 0 unspecified atom stereocenters. The monoisotopic (exact) mass is 388 g/mol. The molecule has 0 spiro atoms. The summed E-state index contributed by atoms with van der Waals surface area (Å²) < 4.78 is 31.3. The minimum absolute atomic E-state index is 0.192. The predicted molar refractivity (Wildman–Crippen MR) is 106 cm³/mol. The zero-order chi connectivity index (χ0) is 19.8. The third-order valence-corrected chi connectivity index (χ3v) is 4.96. The number of hydrogen-bond donors (Lipinski definition) is 2. The maximum atomic E-state index is 12.8. The summed E-state index contributed by atoms with van der Waals surface area (Å²) in [5.74, 6) is 0.511. The molecule has 1 heterocycles. The van der Waals surface area contributed by atoms with Gasteiger partial charge in [-0.25, -0.2) is 8.42 Å². The normalized spacial score (nSPS) is 18.1. The van der Waals surface area contributed by atoms with Crippen molar-refractivity contribution in [2.45, 2.75) is 38.8 Å². The molecule has 144 valence electrons. The van der Waals surface area contributed by atoms with Crippen LogP contribution in [0.5, 0.6) is 5.75 Å². The fraction of sp³-hybridized carbons (Fsp3) is 0.350. The lowest BCUT2D eigenvalue weighted by Crippen LogP contribution is -2.41. The molecule has 0 radical (unpaired) electrons. The van der Waals surface area contributed by atoms with Gasteiger partial charge in [-0.1, -0.05) is 23.8 Å². The fourth-order valence-corrected chi connectivity index (χ4v) is 3.84. The van der Waals surface area contributed by atoms with Gasteiger partial charge in [0.05, 0.1) is 12.3 Å². The molecule has 7 heteroatoms. The molecule has 27 heavy (non-hydrogen) atoms. The van der Waals surface area contributed by atoms with E-state index in [1.165, 1.54) is 6.07 Å². The van der Waals surface area contributed by atoms with Crippen LogP contribution in [-0.2, 0) is 10.0 Å². The van der Waals surface area contributed by atoms with Crippen LogP contribution in [0.1, 0.15) is 47.8 Å². The third-order valence-electron chi connectivity index (χ3n) is 4.36. The first-order valence-electron chi connectivity index (χ1n) is 8.71. The zero-order valence-corrected chi connectivity index (χ0v) is 16.7. The van der Waals surface area contributed by atoms with E-state index in [4.69, 9.17) is 4.74 Å². The van der Waals surface area contributed by atoms with E-state index >= 15 is 0 Å². The summed E-state index contributed by atoms with van der Waals surface area (Å²) in [6.45, 7) is 5.98. The van der Waals surface area contributed by atoms with Gasteiger partial charge in [0.1, 0.15) is 11.4 Å². The summed E-state index contributed by atoms with van der Waals surface area (Å²) in [7, 11) is -3.41. The molecule has 0 bridgehead atoms. The average molecular weight is 388 g/mol. The number of ether oxygens (including phenoxy) is 1. The number of nitrogens with one attached hydrogen (secondary N) is 2. The van der Waals surface area contributed by atoms with Gasteiger partial charge in [-0.15, -0.1) is 0 Å². The second-order valence-corrected chi connectivity index (χ2v) is 9.34. The van der Waals surface area contributed by atoms with Crippen molar-refractivity contribution in [1.29, 1.82) is 0 Å². The van der Waals surface area contributed by atoms with Gasteiger partial charge in [-0.2, -0.15) is 0 Å². The number of aryl methyl sites for hydroxylation is 1. The quantitative estimate of drug-likeness (QED) is 0.841. The van der Waals surface area contributed by atoms with Crippen molar-refractivity contribution < 1.29 is 17.9 Å². The summed E-state index contributed by atoms with van der Waals surface area (Å²) in [5, 5.41) is 3.07. The third kappa shape index (κ3) is 4.80. The topological polar surface area (TPSA) is 84.5 Å². The summed E-state index contributed by atoms with van der Waals surface area (Å²) in [6, 6.07) is 12.2. The Morgan fingerprint density at radius 2 is 1.93 bits per heavy atom. The molecule has 0 aliphatic carbocycles. The first-order chi connectivity index (χ1) is 12.5. The smallest absolute Gasteiger partial charge is 0.251 e. The van der Waals surface area contributed by atoms with E-state index in [-0.39, 0.29) is 11.9 Å². The van der Waals surface area contributed by atoms with Gasteiger partial charge in [0.25, 0.3) is 5.91 Å². The Labute approximate surface area is 160 Å². The van der Waals surface area contributed by atoms with Crippen LogP contribution in [0.2, 0.25) is 0 Å². The van der Waals surface area contributed by atoms with Gasteiger partial charge in [-0.05, 0) is 45.0 Å². The molecule has 1 atom stereocenters. The molecule has 2 aromatic carbocycles. The first kappa shape index (κ1) is 19.2. The fourth-order valence-electron chi connectivity index (χ4n) is 3.28. The van der Waals surface area contributed by atoms with Crippen molar-refractivity contribution in [2.75, 3.05) is 11.0 Å². The molecule has 0 saturated heterocycles. The Balaban J connectivity index is 1.86. The predicted octanol–water partition coefficient (Wildman–Crippen LogP) is 3.40. The molecule has 2 N–H and O–H groups in total. The Bertz CT molecular complexity index is 983. The highest BCUT2D eigenvalue weighted by molar-refractivity contribution is 7.92. The van der Waals surface area contributed by atoms with Crippen LogP contribution < -0.4 is 14.8 Å². The molecule has 1 aliphatic heterocycles. The highest BCUT2D eigenvalue weighted by Crippen LogP contribution is 2.40. The van der Waals surface area contributed by atoms with Crippen LogP contribution in [0.4, 0.5) is 5.69 Å². The molecule has 1 aliphatic rings. The van der Waals surface area contributed by atoms with E-state index < -0.39 is 15.6 Å². The molecular formula is C20H24N2O4S. The van der Waals surface area contributed by atoms with Gasteiger partial charge in [0.2, 0.25) is 10.0 Å². The molecule has 0 aromatic heterocycles. The lowest BCUT2D eigenvalue weighted by Gasteiger charge is -2.38. The van der Waals surface area contributed by atoms with Gasteiger partial charge in [0, 0.05) is 23.2 Å². The maximum absolute atomic E-state index is 12.8. The van der Waals surface area contributed by atoms with Gasteiger partial charge >= 0.3 is 0 Å². The molecule has 0 saturated carbocycles. The lowest BCUT2D eigenvalue weighted by molar-refractivity contribution is 0.0619. The van der Waals surface area contributed by atoms with E-state index in [9.17, 15) is 13.2 Å². The largest absolute Gasteiger partial charge is 0.487 e. The number of amides is 1. The van der Waals surface area contributed by atoms with Crippen molar-refractivity contribution in [3.05, 3.63) is 59.2 Å². The summed E-state index contributed by atoms with van der Waals surface area (Å²) in [5.41, 5.74) is 2.39. The van der Waals surface area contributed by atoms with Gasteiger partial charge in [0.15, 0.2) is 0 Å². The van der Waals surface area contributed by atoms with Crippen LogP contribution in [0.3, 0.4) is 0 Å². The number of carbonyl (C=O) groups is 1. The Kier molecular flexibility index (Phi) is 4.90. The Morgan fingerprint density at radius 3 is 2.63 bits per heavy atom. The summed E-state index contributed by atoms with van der Waals surface area (Å²) >= 11 is 0. The number of hydrogen-bond acceptors (Lipinski definition) is 4. The number of benzene rings is 2. The van der Waals surface area contributed by atoms with Crippen molar-refractivity contribution in [2.24, 2.45) is 0 Å². The van der Waals surface area contributed by atoms with Crippen LogP contribution in [0, 0.1) is 6.92 Å². The van der Waals surface area contributed by atoms with E-state index in [2.05, 4.69) is 10.0 Å². The molecular weight excluding hydrogens is 364 g/mol. The highest BCUT2D eigenvalue weighted by Gasteiger charge is 2.34. The zero-order valence-electron chi connectivity index (χ0n) is 15.9. The van der Waals surface area contributed by atoms with Crippen LogP contribution in [0.15, 0.2) is 42.5 Å². The standard InChI is InChI=1S/C20H24N2O4S/c1-13-8-9-18-16(10-13)17(12-20(2,3)26-18)21-19(23)14-6-5-7-15(11-14)22-27(4,24)25/h5-11,17,22H,12H2,1-4H3,(H,21,23)/t17-/m1/s1. The van der Waals surface area contributed by atoms with E-state index in [1.54, 1.807) is 18.2 Å². The van der Waals surface area contributed by atoms with E-state index in [0.717, 1.165) is 23.1 Å². The second kappa shape index (κ2) is 6.88. The average Bonchev–Trinajstić information content (AvgIpc) is 2.53. The number of fused-ring (bicyclic) bond motifs is 1. The van der Waals surface area contributed by atoms with E-state index in [1.807, 2.05) is 39.0 Å². The van der Waals surface area contributed by atoms with Crippen molar-refractivity contribution in [3.63, 3.8) is 0 Å². The second-order valence-electron chi connectivity index (χ2n) is 7.59. The molecule has 1 amide bonds. The van der Waals surface area contributed by atoms with Crippen LogP contribution in [-0.4, -0.2) is 26.2 Å². The van der Waals surface area contributed by atoms with Crippen molar-refractivity contribution in [1.82, 2.24) is 5.32 Å². The molecule has 6 nitrogen and oxygen atoms in total. The van der Waals surface area contributed by atoms with Crippen molar-refractivity contribution in [3.8, 4) is 5.75 Å². The molecule has 0 fully saturated rings. The number of anilines is 1. The summed E-state index contributed by atoms with van der Waals surface area (Å²) in [6.07, 6.45) is 1.71. The minimum atomic E-state index is -3.41. The number of rotatable bonds is 4. The molecule has 2 aromatic rings. The first-order valence-corrected chi connectivity index (χ1v) is 10.6. The Morgan fingerprint density at radius 1 is 1.19 bits per heavy atom. The maximum Gasteiger partial charge on any atom is 0.251 e. The van der Waals surface area contributed by atoms with Crippen molar-refractivity contribution >= 4 is 21.6 Å². The highest BCUT2D eigenvalue weighted by atomic mass is 32.2. The van der Waals surface area contributed by atoms with Gasteiger partial charge < -0.3 is 10.1 Å². The van der Waals surface area contributed by atoms with Crippen LogP contribution >= 0.6 is 0 Å². The lowest BCUT2D eigenvalue weighted by atomic mass is 9.88. The number of carbonyl (C=O) groups excluding carboxylic acids is 1. The molecule has 3 rings (SSSR count). The van der Waals surface area contributed by atoms with Crippen LogP contribution in [0.25, 0.3) is 0 Å². The van der Waals surface area contributed by atoms with Gasteiger partial charge in [-0.3, -0.25) is 9.52 Å². The summed E-state index contributed by atoms with van der Waals surface area (Å²) in [4.78, 5) is 12.8.